The van der Waals surface area contributed by atoms with Gasteiger partial charge in [-0.3, -0.25) is 9.69 Å². The summed E-state index contributed by atoms with van der Waals surface area (Å²) in [6, 6.07) is 3.27. The summed E-state index contributed by atoms with van der Waals surface area (Å²) in [5.41, 5.74) is 0. The zero-order valence-corrected chi connectivity index (χ0v) is 14.0. The molecule has 0 amide bonds. The summed E-state index contributed by atoms with van der Waals surface area (Å²) in [5, 5.41) is 8.73. The number of aliphatic carboxylic acids is 1. The highest BCUT2D eigenvalue weighted by Gasteiger charge is 2.25. The Balaban J connectivity index is 1.98. The van der Waals surface area contributed by atoms with Crippen molar-refractivity contribution in [3.8, 4) is 0 Å². The fourth-order valence-electron chi connectivity index (χ4n) is 2.33. The zero-order chi connectivity index (χ0) is 16.3. The van der Waals surface area contributed by atoms with Gasteiger partial charge in [0.25, 0.3) is 0 Å². The van der Waals surface area contributed by atoms with Crippen molar-refractivity contribution < 1.29 is 22.7 Å². The van der Waals surface area contributed by atoms with Crippen molar-refractivity contribution in [2.45, 2.75) is 23.8 Å². The molecule has 22 heavy (non-hydrogen) atoms. The van der Waals surface area contributed by atoms with Gasteiger partial charge in [-0.15, -0.1) is 0 Å². The van der Waals surface area contributed by atoms with E-state index >= 15 is 0 Å². The Kier molecular flexibility index (Phi) is 5.54. The summed E-state index contributed by atoms with van der Waals surface area (Å²) in [5.74, 6) is -1.42. The van der Waals surface area contributed by atoms with E-state index < -0.39 is 21.8 Å². The van der Waals surface area contributed by atoms with Gasteiger partial charge in [0.1, 0.15) is 5.82 Å². The first kappa shape index (κ1) is 17.3. The first-order valence-electron chi connectivity index (χ1n) is 6.69. The lowest BCUT2D eigenvalue weighted by molar-refractivity contribution is -0.138. The van der Waals surface area contributed by atoms with E-state index in [4.69, 9.17) is 5.11 Å². The number of carboxylic acid groups (broad SMARTS) is 1. The van der Waals surface area contributed by atoms with Crippen LogP contribution in [-0.2, 0) is 14.8 Å². The molecule has 0 bridgehead atoms. The number of likely N-dealkylation sites (tertiary alicyclic amines) is 1. The normalized spacial score (nSPS) is 17.5. The van der Waals surface area contributed by atoms with E-state index in [2.05, 4.69) is 20.7 Å². The molecule has 2 rings (SSSR count). The van der Waals surface area contributed by atoms with Gasteiger partial charge in [0, 0.05) is 19.1 Å². The van der Waals surface area contributed by atoms with Crippen molar-refractivity contribution in [3.05, 3.63) is 28.5 Å². The summed E-state index contributed by atoms with van der Waals surface area (Å²) >= 11 is 2.96. The molecule has 0 aliphatic carbocycles. The van der Waals surface area contributed by atoms with E-state index in [-0.39, 0.29) is 22.0 Å². The van der Waals surface area contributed by atoms with Crippen LogP contribution in [0.4, 0.5) is 4.39 Å². The number of piperidine rings is 1. The number of halogens is 2. The van der Waals surface area contributed by atoms with Crippen LogP contribution in [0.1, 0.15) is 12.8 Å². The Morgan fingerprint density at radius 2 is 2.05 bits per heavy atom. The first-order valence-corrected chi connectivity index (χ1v) is 8.97. The Hall–Kier alpha value is -1.03. The molecule has 1 aliphatic heterocycles. The maximum Gasteiger partial charge on any atom is 0.317 e. The summed E-state index contributed by atoms with van der Waals surface area (Å²) in [6.07, 6.45) is 1.07. The molecule has 122 valence electrons. The summed E-state index contributed by atoms with van der Waals surface area (Å²) < 4.78 is 40.4. The molecule has 6 nitrogen and oxygen atoms in total. The Bertz CT molecular complexity index is 660. The van der Waals surface area contributed by atoms with E-state index in [1.54, 1.807) is 4.90 Å². The van der Waals surface area contributed by atoms with Crippen molar-refractivity contribution in [2.75, 3.05) is 19.6 Å². The fourth-order valence-corrected chi connectivity index (χ4v) is 4.19. The van der Waals surface area contributed by atoms with Crippen LogP contribution in [0.5, 0.6) is 0 Å². The molecule has 1 fully saturated rings. The van der Waals surface area contributed by atoms with Crippen LogP contribution in [-0.4, -0.2) is 50.1 Å². The largest absolute Gasteiger partial charge is 0.480 e. The van der Waals surface area contributed by atoms with E-state index in [0.29, 0.717) is 25.9 Å². The van der Waals surface area contributed by atoms with Crippen LogP contribution in [0.2, 0.25) is 0 Å². The van der Waals surface area contributed by atoms with E-state index in [9.17, 15) is 17.6 Å². The van der Waals surface area contributed by atoms with Crippen molar-refractivity contribution in [2.24, 2.45) is 0 Å². The van der Waals surface area contributed by atoms with Crippen molar-refractivity contribution >= 4 is 31.9 Å². The van der Waals surface area contributed by atoms with Gasteiger partial charge in [-0.05, 0) is 47.0 Å². The molecular formula is C13H16BrFN2O4S. The second-order valence-corrected chi connectivity index (χ2v) is 7.71. The molecule has 1 aromatic rings. The number of benzene rings is 1. The number of carbonyl (C=O) groups is 1. The lowest BCUT2D eigenvalue weighted by Gasteiger charge is -2.31. The van der Waals surface area contributed by atoms with E-state index in [0.717, 1.165) is 6.07 Å². The number of hydrogen-bond acceptors (Lipinski definition) is 4. The van der Waals surface area contributed by atoms with Crippen molar-refractivity contribution in [1.29, 1.82) is 0 Å². The number of nitrogens with zero attached hydrogens (tertiary/aromatic N) is 1. The molecule has 2 N–H and O–H groups in total. The number of nitrogens with one attached hydrogen (secondary N) is 1. The van der Waals surface area contributed by atoms with Gasteiger partial charge in [0.2, 0.25) is 10.0 Å². The van der Waals surface area contributed by atoms with Gasteiger partial charge in [-0.25, -0.2) is 17.5 Å². The van der Waals surface area contributed by atoms with Crippen LogP contribution < -0.4 is 4.72 Å². The van der Waals surface area contributed by atoms with Gasteiger partial charge in [0.15, 0.2) is 0 Å². The Morgan fingerprint density at radius 3 is 2.59 bits per heavy atom. The highest BCUT2D eigenvalue weighted by atomic mass is 79.9. The standard InChI is InChI=1S/C13H16BrFN2O4S/c14-11-7-10(1-2-12(11)15)22(20,21)16-9-3-5-17(6-4-9)8-13(18)19/h1-2,7,9,16H,3-6,8H2,(H,18,19). The van der Waals surface area contributed by atoms with Crippen LogP contribution in [0, 0.1) is 5.82 Å². The summed E-state index contributed by atoms with van der Waals surface area (Å²) in [7, 11) is -3.72. The third-order valence-corrected chi connectivity index (χ3v) is 5.60. The molecule has 9 heteroatoms. The van der Waals surface area contributed by atoms with Crippen LogP contribution >= 0.6 is 15.9 Å². The highest BCUT2D eigenvalue weighted by molar-refractivity contribution is 9.10. The maximum atomic E-state index is 13.2. The third kappa shape index (κ3) is 4.48. The molecule has 0 atom stereocenters. The minimum Gasteiger partial charge on any atom is -0.480 e. The minimum absolute atomic E-state index is 0.00580. The predicted octanol–water partition coefficient (Wildman–Crippen LogP) is 1.42. The molecule has 1 saturated heterocycles. The number of hydrogen-bond donors (Lipinski definition) is 2. The lowest BCUT2D eigenvalue weighted by atomic mass is 10.1. The SMILES string of the molecule is O=C(O)CN1CCC(NS(=O)(=O)c2ccc(F)c(Br)c2)CC1. The average molecular weight is 395 g/mol. The molecule has 1 heterocycles. The molecule has 0 radical (unpaired) electrons. The van der Waals surface area contributed by atoms with E-state index in [1.807, 2.05) is 0 Å². The second kappa shape index (κ2) is 7.03. The van der Waals surface area contributed by atoms with Gasteiger partial charge >= 0.3 is 5.97 Å². The molecule has 0 aromatic heterocycles. The summed E-state index contributed by atoms with van der Waals surface area (Å²) in [6.45, 7) is 1.00. The minimum atomic E-state index is -3.72. The number of sulfonamides is 1. The smallest absolute Gasteiger partial charge is 0.317 e. The molecule has 1 aliphatic rings. The lowest BCUT2D eigenvalue weighted by Crippen LogP contribution is -2.45. The van der Waals surface area contributed by atoms with Crippen LogP contribution in [0.15, 0.2) is 27.6 Å². The molecule has 0 unspecified atom stereocenters. The second-order valence-electron chi connectivity index (χ2n) is 5.14. The topological polar surface area (TPSA) is 86.7 Å². The maximum absolute atomic E-state index is 13.2. The van der Waals surface area contributed by atoms with Crippen LogP contribution in [0.25, 0.3) is 0 Å². The monoisotopic (exact) mass is 394 g/mol. The van der Waals surface area contributed by atoms with Crippen molar-refractivity contribution in [1.82, 2.24) is 9.62 Å². The molecule has 0 saturated carbocycles. The predicted molar refractivity (Wildman–Crippen MR) is 81.5 cm³/mol. The van der Waals surface area contributed by atoms with Gasteiger partial charge in [-0.2, -0.15) is 0 Å². The molecular weight excluding hydrogens is 379 g/mol. The molecule has 0 spiro atoms. The Labute approximate surface area is 136 Å². The van der Waals surface area contributed by atoms with Crippen molar-refractivity contribution in [3.63, 3.8) is 0 Å². The number of rotatable bonds is 5. The Morgan fingerprint density at radius 1 is 1.41 bits per heavy atom. The summed E-state index contributed by atoms with van der Waals surface area (Å²) in [4.78, 5) is 12.4. The average Bonchev–Trinajstić information content (AvgIpc) is 2.43. The van der Waals surface area contributed by atoms with Crippen LogP contribution in [0.3, 0.4) is 0 Å². The fraction of sp³-hybridized carbons (Fsp3) is 0.462. The molecule has 1 aromatic carbocycles. The van der Waals surface area contributed by atoms with E-state index in [1.165, 1.54) is 12.1 Å². The quantitative estimate of drug-likeness (QED) is 0.788. The number of carboxylic acids is 1. The van der Waals surface area contributed by atoms with Gasteiger partial charge in [-0.1, -0.05) is 0 Å². The third-order valence-electron chi connectivity index (χ3n) is 3.47. The van der Waals surface area contributed by atoms with Gasteiger partial charge in [0.05, 0.1) is 15.9 Å². The zero-order valence-electron chi connectivity index (χ0n) is 11.6. The highest BCUT2D eigenvalue weighted by Crippen LogP contribution is 2.21. The van der Waals surface area contributed by atoms with Gasteiger partial charge < -0.3 is 5.11 Å². The first-order chi connectivity index (χ1) is 10.3.